The first-order valence-electron chi connectivity index (χ1n) is 6.31. The molecule has 5 nitrogen and oxygen atoms in total. The predicted octanol–water partition coefficient (Wildman–Crippen LogP) is 2.31. The highest BCUT2D eigenvalue weighted by molar-refractivity contribution is 7.98. The van der Waals surface area contributed by atoms with Crippen molar-refractivity contribution in [3.8, 4) is 0 Å². The average Bonchev–Trinajstić information content (AvgIpc) is 2.79. The van der Waals surface area contributed by atoms with Gasteiger partial charge in [0.05, 0.1) is 12.2 Å². The first-order valence-corrected chi connectivity index (χ1v) is 7.29. The van der Waals surface area contributed by atoms with Crippen molar-refractivity contribution in [1.82, 2.24) is 19.7 Å². The van der Waals surface area contributed by atoms with E-state index in [-0.39, 0.29) is 0 Å². The standard InChI is InChI=1S/C13H19N5S/c1-9(2)18-12(7-14)16-17-13(18)19-8-11-6-4-5-10(3)15-11/h4-6,9H,7-8,14H2,1-3H3. The molecule has 0 atom stereocenters. The molecule has 0 unspecified atom stereocenters. The Morgan fingerprint density at radius 1 is 1.32 bits per heavy atom. The van der Waals surface area contributed by atoms with Gasteiger partial charge in [-0.1, -0.05) is 17.8 Å². The molecule has 6 heteroatoms. The van der Waals surface area contributed by atoms with Crippen molar-refractivity contribution in [2.75, 3.05) is 0 Å². The molecule has 19 heavy (non-hydrogen) atoms. The molecule has 2 N–H and O–H groups in total. The Bertz CT molecular complexity index is 550. The quantitative estimate of drug-likeness (QED) is 0.849. The van der Waals surface area contributed by atoms with Crippen LogP contribution in [-0.2, 0) is 12.3 Å². The molecule has 0 aliphatic heterocycles. The minimum absolute atomic E-state index is 0.307. The summed E-state index contributed by atoms with van der Waals surface area (Å²) in [5, 5.41) is 9.25. The molecule has 2 aromatic heterocycles. The van der Waals surface area contributed by atoms with Crippen LogP contribution < -0.4 is 5.73 Å². The zero-order chi connectivity index (χ0) is 13.8. The van der Waals surface area contributed by atoms with Crippen LogP contribution >= 0.6 is 11.8 Å². The van der Waals surface area contributed by atoms with Gasteiger partial charge in [0.2, 0.25) is 0 Å². The number of rotatable bonds is 5. The fourth-order valence-corrected chi connectivity index (χ4v) is 2.87. The minimum atomic E-state index is 0.307. The van der Waals surface area contributed by atoms with Crippen molar-refractivity contribution >= 4 is 11.8 Å². The zero-order valence-electron chi connectivity index (χ0n) is 11.5. The number of pyridine rings is 1. The third-order valence-corrected chi connectivity index (χ3v) is 3.71. The Labute approximate surface area is 117 Å². The average molecular weight is 277 g/mol. The van der Waals surface area contributed by atoms with Gasteiger partial charge in [-0.25, -0.2) is 0 Å². The molecule has 0 spiro atoms. The highest BCUT2D eigenvalue weighted by Gasteiger charge is 2.14. The van der Waals surface area contributed by atoms with E-state index in [1.165, 1.54) is 0 Å². The molecule has 0 fully saturated rings. The highest BCUT2D eigenvalue weighted by atomic mass is 32.2. The lowest BCUT2D eigenvalue weighted by atomic mass is 10.3. The van der Waals surface area contributed by atoms with Crippen molar-refractivity contribution in [2.24, 2.45) is 5.73 Å². The van der Waals surface area contributed by atoms with Crippen molar-refractivity contribution in [3.63, 3.8) is 0 Å². The van der Waals surface area contributed by atoms with Crippen LogP contribution in [0.2, 0.25) is 0 Å². The molecular formula is C13H19N5S. The second kappa shape index (κ2) is 6.16. The number of aromatic nitrogens is 4. The summed E-state index contributed by atoms with van der Waals surface area (Å²) in [6, 6.07) is 6.36. The lowest BCUT2D eigenvalue weighted by molar-refractivity contribution is 0.526. The first kappa shape index (κ1) is 14.0. The Kier molecular flexibility index (Phi) is 4.55. The van der Waals surface area contributed by atoms with E-state index in [0.29, 0.717) is 12.6 Å². The second-order valence-electron chi connectivity index (χ2n) is 4.63. The Balaban J connectivity index is 2.13. The van der Waals surface area contributed by atoms with Gasteiger partial charge in [0.1, 0.15) is 5.82 Å². The number of aryl methyl sites for hydroxylation is 1. The normalized spacial score (nSPS) is 11.2. The third kappa shape index (κ3) is 3.33. The maximum absolute atomic E-state index is 5.68. The number of hydrogen-bond acceptors (Lipinski definition) is 5. The molecular weight excluding hydrogens is 258 g/mol. The highest BCUT2D eigenvalue weighted by Crippen LogP contribution is 2.24. The summed E-state index contributed by atoms with van der Waals surface area (Å²) >= 11 is 1.64. The van der Waals surface area contributed by atoms with Crippen molar-refractivity contribution in [2.45, 2.75) is 44.3 Å². The van der Waals surface area contributed by atoms with Crippen LogP contribution in [0, 0.1) is 6.92 Å². The van der Waals surface area contributed by atoms with Gasteiger partial charge in [0.15, 0.2) is 5.16 Å². The van der Waals surface area contributed by atoms with E-state index in [1.54, 1.807) is 11.8 Å². The van der Waals surface area contributed by atoms with Gasteiger partial charge in [-0.2, -0.15) is 0 Å². The molecule has 102 valence electrons. The summed E-state index contributed by atoms with van der Waals surface area (Å²) in [5.41, 5.74) is 7.77. The van der Waals surface area contributed by atoms with Crippen LogP contribution in [0.5, 0.6) is 0 Å². The van der Waals surface area contributed by atoms with Crippen molar-refractivity contribution in [3.05, 3.63) is 35.4 Å². The van der Waals surface area contributed by atoms with Gasteiger partial charge in [0.25, 0.3) is 0 Å². The summed E-state index contributed by atoms with van der Waals surface area (Å²) in [4.78, 5) is 4.49. The molecule has 0 bridgehead atoms. The first-order chi connectivity index (χ1) is 9.11. The zero-order valence-corrected chi connectivity index (χ0v) is 12.3. The Morgan fingerprint density at radius 3 is 2.74 bits per heavy atom. The van der Waals surface area contributed by atoms with Gasteiger partial charge in [-0.05, 0) is 32.9 Å². The van der Waals surface area contributed by atoms with E-state index in [9.17, 15) is 0 Å². The van der Waals surface area contributed by atoms with E-state index in [2.05, 4.69) is 33.6 Å². The second-order valence-corrected chi connectivity index (χ2v) is 5.57. The molecule has 2 rings (SSSR count). The number of nitrogens with zero attached hydrogens (tertiary/aromatic N) is 4. The number of nitrogens with two attached hydrogens (primary N) is 1. The summed E-state index contributed by atoms with van der Waals surface area (Å²) in [6.45, 7) is 6.63. The van der Waals surface area contributed by atoms with E-state index in [1.807, 2.05) is 25.1 Å². The lowest BCUT2D eigenvalue weighted by Crippen LogP contribution is -2.11. The minimum Gasteiger partial charge on any atom is -0.324 e. The molecule has 0 aliphatic rings. The topological polar surface area (TPSA) is 69.6 Å². The molecule has 0 saturated carbocycles. The van der Waals surface area contributed by atoms with Crippen LogP contribution in [0.15, 0.2) is 23.4 Å². The maximum atomic E-state index is 5.68. The molecule has 0 aliphatic carbocycles. The summed E-state index contributed by atoms with van der Waals surface area (Å²) in [5.74, 6) is 1.62. The fourth-order valence-electron chi connectivity index (χ4n) is 1.88. The van der Waals surface area contributed by atoms with Gasteiger partial charge < -0.3 is 10.3 Å². The van der Waals surface area contributed by atoms with Crippen molar-refractivity contribution < 1.29 is 0 Å². The van der Waals surface area contributed by atoms with E-state index >= 15 is 0 Å². The summed E-state index contributed by atoms with van der Waals surface area (Å²) < 4.78 is 2.08. The molecule has 0 amide bonds. The molecule has 0 radical (unpaired) electrons. The van der Waals surface area contributed by atoms with Crippen molar-refractivity contribution in [1.29, 1.82) is 0 Å². The van der Waals surface area contributed by atoms with Crippen LogP contribution in [-0.4, -0.2) is 19.7 Å². The largest absolute Gasteiger partial charge is 0.324 e. The van der Waals surface area contributed by atoms with Crippen LogP contribution in [0.4, 0.5) is 0 Å². The van der Waals surface area contributed by atoms with Crippen LogP contribution in [0.3, 0.4) is 0 Å². The maximum Gasteiger partial charge on any atom is 0.191 e. The molecule has 2 aromatic rings. The SMILES string of the molecule is Cc1cccc(CSc2nnc(CN)n2C(C)C)n1. The Hall–Kier alpha value is -1.40. The smallest absolute Gasteiger partial charge is 0.191 e. The van der Waals surface area contributed by atoms with E-state index < -0.39 is 0 Å². The predicted molar refractivity (Wildman–Crippen MR) is 76.8 cm³/mol. The lowest BCUT2D eigenvalue weighted by Gasteiger charge is -2.12. The van der Waals surface area contributed by atoms with Gasteiger partial charge in [0, 0.05) is 17.5 Å². The molecule has 0 saturated heterocycles. The Morgan fingerprint density at radius 2 is 2.11 bits per heavy atom. The monoisotopic (exact) mass is 277 g/mol. The number of thioether (sulfide) groups is 1. The van der Waals surface area contributed by atoms with E-state index in [0.717, 1.165) is 28.1 Å². The van der Waals surface area contributed by atoms with Crippen LogP contribution in [0.25, 0.3) is 0 Å². The summed E-state index contributed by atoms with van der Waals surface area (Å²) in [7, 11) is 0. The van der Waals surface area contributed by atoms with Gasteiger partial charge in [-0.15, -0.1) is 10.2 Å². The molecule has 2 heterocycles. The third-order valence-electron chi connectivity index (χ3n) is 2.73. The van der Waals surface area contributed by atoms with Gasteiger partial charge >= 0.3 is 0 Å². The van der Waals surface area contributed by atoms with E-state index in [4.69, 9.17) is 5.73 Å². The summed E-state index contributed by atoms with van der Waals surface area (Å²) in [6.07, 6.45) is 0. The fraction of sp³-hybridized carbons (Fsp3) is 0.462. The molecule has 0 aromatic carbocycles. The van der Waals surface area contributed by atoms with Crippen LogP contribution in [0.1, 0.15) is 37.1 Å². The number of hydrogen-bond donors (Lipinski definition) is 1. The van der Waals surface area contributed by atoms with Gasteiger partial charge in [-0.3, -0.25) is 4.98 Å².